The number of aromatic amines is 1. The van der Waals surface area contributed by atoms with Crippen molar-refractivity contribution in [2.45, 2.75) is 18.9 Å². The summed E-state index contributed by atoms with van der Waals surface area (Å²) in [5.41, 5.74) is 0.895. The van der Waals surface area contributed by atoms with Gasteiger partial charge in [0, 0.05) is 18.8 Å². The number of piperidine rings is 1. The highest BCUT2D eigenvalue weighted by Gasteiger charge is 2.18. The van der Waals surface area contributed by atoms with Crippen LogP contribution in [0.4, 0.5) is 5.82 Å². The lowest BCUT2D eigenvalue weighted by atomic mass is 10.1. The lowest BCUT2D eigenvalue weighted by Gasteiger charge is -2.30. The van der Waals surface area contributed by atoms with Gasteiger partial charge in [0.1, 0.15) is 17.8 Å². The second-order valence-corrected chi connectivity index (χ2v) is 4.71. The number of hydrogen-bond acceptors (Lipinski definition) is 4. The van der Waals surface area contributed by atoms with E-state index in [2.05, 4.69) is 32.2 Å². The molecular weight excluding hydrogens is 214 g/mol. The van der Waals surface area contributed by atoms with Gasteiger partial charge in [-0.05, 0) is 32.5 Å². The van der Waals surface area contributed by atoms with Gasteiger partial charge in [-0.15, -0.1) is 0 Å². The summed E-state index contributed by atoms with van der Waals surface area (Å²) in [6.45, 7) is 2.28. The van der Waals surface area contributed by atoms with Crippen LogP contribution in [0.15, 0.2) is 18.6 Å². The third-order valence-electron chi connectivity index (χ3n) is 3.32. The SMILES string of the molecule is CN1CCCC(Nc2ncnc3[nH]ccc23)C1. The van der Waals surface area contributed by atoms with E-state index in [0.717, 1.165) is 23.4 Å². The first-order chi connectivity index (χ1) is 8.33. The van der Waals surface area contributed by atoms with Crippen LogP contribution >= 0.6 is 0 Å². The first-order valence-corrected chi connectivity index (χ1v) is 6.06. The molecule has 1 atom stereocenters. The van der Waals surface area contributed by atoms with E-state index in [4.69, 9.17) is 0 Å². The van der Waals surface area contributed by atoms with Gasteiger partial charge in [0.05, 0.1) is 5.39 Å². The van der Waals surface area contributed by atoms with Gasteiger partial charge in [0.2, 0.25) is 0 Å². The van der Waals surface area contributed by atoms with Crippen LogP contribution in [0.1, 0.15) is 12.8 Å². The zero-order valence-corrected chi connectivity index (χ0v) is 9.98. The molecule has 2 aromatic heterocycles. The Morgan fingerprint density at radius 2 is 2.41 bits per heavy atom. The van der Waals surface area contributed by atoms with Gasteiger partial charge in [-0.1, -0.05) is 0 Å². The number of H-pyrrole nitrogens is 1. The first kappa shape index (κ1) is 10.5. The van der Waals surface area contributed by atoms with Crippen molar-refractivity contribution >= 4 is 16.9 Å². The second-order valence-electron chi connectivity index (χ2n) is 4.71. The molecule has 1 saturated heterocycles. The summed E-state index contributed by atoms with van der Waals surface area (Å²) in [4.78, 5) is 14.0. The molecule has 1 aliphatic rings. The number of fused-ring (bicyclic) bond motifs is 1. The topological polar surface area (TPSA) is 56.8 Å². The Bertz CT molecular complexity index is 506. The van der Waals surface area contributed by atoms with Crippen LogP contribution < -0.4 is 5.32 Å². The average Bonchev–Trinajstić information content (AvgIpc) is 2.78. The van der Waals surface area contributed by atoms with Crippen molar-refractivity contribution in [3.8, 4) is 0 Å². The molecule has 17 heavy (non-hydrogen) atoms. The number of likely N-dealkylation sites (tertiary alicyclic amines) is 1. The summed E-state index contributed by atoms with van der Waals surface area (Å²) in [6.07, 6.45) is 5.96. The summed E-state index contributed by atoms with van der Waals surface area (Å²) in [5, 5.41) is 4.60. The molecule has 0 spiro atoms. The van der Waals surface area contributed by atoms with Gasteiger partial charge < -0.3 is 15.2 Å². The van der Waals surface area contributed by atoms with Gasteiger partial charge in [0.25, 0.3) is 0 Å². The summed E-state index contributed by atoms with van der Waals surface area (Å²) in [7, 11) is 2.17. The third kappa shape index (κ3) is 2.10. The maximum atomic E-state index is 4.34. The number of anilines is 1. The van der Waals surface area contributed by atoms with E-state index in [1.165, 1.54) is 19.4 Å². The molecule has 5 nitrogen and oxygen atoms in total. The molecule has 3 rings (SSSR count). The average molecular weight is 231 g/mol. The first-order valence-electron chi connectivity index (χ1n) is 6.06. The van der Waals surface area contributed by atoms with Crippen LogP contribution in [0.3, 0.4) is 0 Å². The molecular formula is C12H17N5. The van der Waals surface area contributed by atoms with Crippen molar-refractivity contribution in [3.05, 3.63) is 18.6 Å². The normalized spacial score (nSPS) is 21.8. The zero-order valence-electron chi connectivity index (χ0n) is 9.98. The number of hydrogen-bond donors (Lipinski definition) is 2. The maximum absolute atomic E-state index is 4.34. The quantitative estimate of drug-likeness (QED) is 0.821. The smallest absolute Gasteiger partial charge is 0.142 e. The van der Waals surface area contributed by atoms with Crippen molar-refractivity contribution in [3.63, 3.8) is 0 Å². The van der Waals surface area contributed by atoms with Crippen LogP contribution in [0.5, 0.6) is 0 Å². The van der Waals surface area contributed by atoms with Crippen molar-refractivity contribution in [1.82, 2.24) is 19.9 Å². The number of likely N-dealkylation sites (N-methyl/N-ethyl adjacent to an activating group) is 1. The molecule has 1 unspecified atom stereocenters. The van der Waals surface area contributed by atoms with Crippen molar-refractivity contribution in [2.24, 2.45) is 0 Å². The predicted octanol–water partition coefficient (Wildman–Crippen LogP) is 1.46. The van der Waals surface area contributed by atoms with E-state index in [9.17, 15) is 0 Å². The Hall–Kier alpha value is -1.62. The van der Waals surface area contributed by atoms with E-state index in [-0.39, 0.29) is 0 Å². The van der Waals surface area contributed by atoms with E-state index >= 15 is 0 Å². The minimum Gasteiger partial charge on any atom is -0.365 e. The summed E-state index contributed by atoms with van der Waals surface area (Å²) >= 11 is 0. The Morgan fingerprint density at radius 3 is 3.29 bits per heavy atom. The fourth-order valence-corrected chi connectivity index (χ4v) is 2.46. The lowest BCUT2D eigenvalue weighted by Crippen LogP contribution is -2.39. The van der Waals surface area contributed by atoms with Crippen molar-refractivity contribution in [2.75, 3.05) is 25.5 Å². The van der Waals surface area contributed by atoms with E-state index in [1.807, 2.05) is 12.3 Å². The monoisotopic (exact) mass is 231 g/mol. The molecule has 5 heteroatoms. The number of aromatic nitrogens is 3. The van der Waals surface area contributed by atoms with Crippen LogP contribution in [-0.4, -0.2) is 46.0 Å². The molecule has 0 amide bonds. The number of nitrogens with one attached hydrogen (secondary N) is 2. The summed E-state index contributed by atoms with van der Waals surface area (Å²) in [5.74, 6) is 0.941. The Labute approximate surface area is 100 Å². The van der Waals surface area contributed by atoms with Crippen LogP contribution in [-0.2, 0) is 0 Å². The van der Waals surface area contributed by atoms with Gasteiger partial charge >= 0.3 is 0 Å². The van der Waals surface area contributed by atoms with Crippen molar-refractivity contribution < 1.29 is 0 Å². The fraction of sp³-hybridized carbons (Fsp3) is 0.500. The van der Waals surface area contributed by atoms with E-state index in [1.54, 1.807) is 6.33 Å². The second kappa shape index (κ2) is 4.33. The predicted molar refractivity (Wildman–Crippen MR) is 68.0 cm³/mol. The minimum atomic E-state index is 0.488. The van der Waals surface area contributed by atoms with Gasteiger partial charge in [-0.3, -0.25) is 0 Å². The Balaban J connectivity index is 1.82. The fourth-order valence-electron chi connectivity index (χ4n) is 2.46. The molecule has 0 bridgehead atoms. The highest BCUT2D eigenvalue weighted by atomic mass is 15.2. The molecule has 1 aliphatic heterocycles. The Morgan fingerprint density at radius 1 is 1.47 bits per heavy atom. The Kier molecular flexibility index (Phi) is 2.68. The minimum absolute atomic E-state index is 0.488. The highest BCUT2D eigenvalue weighted by molar-refractivity contribution is 5.86. The number of rotatable bonds is 2. The summed E-state index contributed by atoms with van der Waals surface area (Å²) in [6, 6.07) is 2.51. The van der Waals surface area contributed by atoms with E-state index < -0.39 is 0 Å². The van der Waals surface area contributed by atoms with Crippen LogP contribution in [0.25, 0.3) is 11.0 Å². The van der Waals surface area contributed by atoms with Crippen LogP contribution in [0, 0.1) is 0 Å². The molecule has 0 aromatic carbocycles. The molecule has 90 valence electrons. The molecule has 0 aliphatic carbocycles. The zero-order chi connectivity index (χ0) is 11.7. The summed E-state index contributed by atoms with van der Waals surface area (Å²) < 4.78 is 0. The maximum Gasteiger partial charge on any atom is 0.142 e. The molecule has 0 saturated carbocycles. The van der Waals surface area contributed by atoms with Crippen molar-refractivity contribution in [1.29, 1.82) is 0 Å². The standard InChI is InChI=1S/C12H17N5/c1-17-6-2-3-9(7-17)16-12-10-4-5-13-11(10)14-8-15-12/h4-5,8-9H,2-3,6-7H2,1H3,(H2,13,14,15,16). The molecule has 2 N–H and O–H groups in total. The molecule has 3 heterocycles. The third-order valence-corrected chi connectivity index (χ3v) is 3.32. The highest BCUT2D eigenvalue weighted by Crippen LogP contribution is 2.20. The largest absolute Gasteiger partial charge is 0.365 e. The van der Waals surface area contributed by atoms with Gasteiger partial charge in [0.15, 0.2) is 0 Å². The molecule has 2 aromatic rings. The van der Waals surface area contributed by atoms with E-state index in [0.29, 0.717) is 6.04 Å². The molecule has 1 fully saturated rings. The van der Waals surface area contributed by atoms with Crippen LogP contribution in [0.2, 0.25) is 0 Å². The number of nitrogens with zero attached hydrogens (tertiary/aromatic N) is 3. The lowest BCUT2D eigenvalue weighted by molar-refractivity contribution is 0.261. The van der Waals surface area contributed by atoms with Gasteiger partial charge in [-0.25, -0.2) is 9.97 Å². The van der Waals surface area contributed by atoms with Gasteiger partial charge in [-0.2, -0.15) is 0 Å². The molecule has 0 radical (unpaired) electrons.